The van der Waals surface area contributed by atoms with E-state index in [2.05, 4.69) is 19.4 Å². The first-order valence-electron chi connectivity index (χ1n) is 5.40. The fourth-order valence-corrected chi connectivity index (χ4v) is 3.42. The minimum Gasteiger partial charge on any atom is -0.334 e. The van der Waals surface area contributed by atoms with Gasteiger partial charge in [0, 0.05) is 0 Å². The molecule has 0 amide bonds. The van der Waals surface area contributed by atoms with Crippen molar-refractivity contribution in [2.45, 2.75) is 9.92 Å². The van der Waals surface area contributed by atoms with Crippen LogP contribution in [0.25, 0.3) is 0 Å². The van der Waals surface area contributed by atoms with Crippen molar-refractivity contribution in [2.75, 3.05) is 11.8 Å². The van der Waals surface area contributed by atoms with Gasteiger partial charge in [0.1, 0.15) is 4.90 Å². The fraction of sp³-hybridized carbons (Fsp3) is 0.100. The van der Waals surface area contributed by atoms with Gasteiger partial charge < -0.3 is 4.98 Å². The van der Waals surface area contributed by atoms with Gasteiger partial charge in [-0.2, -0.15) is 8.42 Å². The lowest BCUT2D eigenvalue weighted by Gasteiger charge is -2.11. The second kappa shape index (κ2) is 5.23. The summed E-state index contributed by atoms with van der Waals surface area (Å²) in [5, 5.41) is -0.158. The second-order valence-corrected chi connectivity index (χ2v) is 7.23. The van der Waals surface area contributed by atoms with E-state index < -0.39 is 20.0 Å². The lowest BCUT2D eigenvalue weighted by molar-refractivity contribution is 0.588. The Labute approximate surface area is 116 Å². The molecule has 2 aromatic rings. The Morgan fingerprint density at radius 3 is 2.40 bits per heavy atom. The largest absolute Gasteiger partial charge is 0.334 e. The zero-order valence-electron chi connectivity index (χ0n) is 10.4. The molecule has 0 atom stereocenters. The average Bonchev–Trinajstić information content (AvgIpc) is 2.93. The minimum atomic E-state index is -3.92. The normalized spacial score (nSPS) is 12.2. The van der Waals surface area contributed by atoms with Crippen LogP contribution in [0.3, 0.4) is 0 Å². The molecule has 1 aromatic heterocycles. The van der Waals surface area contributed by atoms with Crippen molar-refractivity contribution in [3.63, 3.8) is 0 Å². The van der Waals surface area contributed by atoms with Gasteiger partial charge in [-0.05, 0) is 19.2 Å². The van der Waals surface area contributed by atoms with Crippen LogP contribution in [0.4, 0.5) is 5.69 Å². The summed E-state index contributed by atoms with van der Waals surface area (Å²) in [5.74, 6) is 0. The number of imidazole rings is 1. The number of para-hydroxylation sites is 1. The van der Waals surface area contributed by atoms with E-state index in [1.165, 1.54) is 37.6 Å². The highest BCUT2D eigenvalue weighted by Gasteiger charge is 2.21. The van der Waals surface area contributed by atoms with Crippen molar-refractivity contribution in [3.05, 3.63) is 36.8 Å². The molecule has 0 spiro atoms. The van der Waals surface area contributed by atoms with Crippen molar-refractivity contribution >= 4 is 25.7 Å². The number of anilines is 1. The summed E-state index contributed by atoms with van der Waals surface area (Å²) in [6, 6.07) is 5.69. The lowest BCUT2D eigenvalue weighted by Crippen LogP contribution is -2.22. The molecule has 0 radical (unpaired) electrons. The molecule has 0 fully saturated rings. The number of hydrogen-bond acceptors (Lipinski definition) is 5. The van der Waals surface area contributed by atoms with Gasteiger partial charge in [-0.3, -0.25) is 4.72 Å². The predicted octanol–water partition coefficient (Wildman–Crippen LogP) is 0.119. The number of H-pyrrole nitrogens is 1. The van der Waals surface area contributed by atoms with E-state index in [0.29, 0.717) is 0 Å². The second-order valence-electron chi connectivity index (χ2n) is 3.73. The molecule has 0 saturated heterocycles. The van der Waals surface area contributed by atoms with Crippen molar-refractivity contribution in [3.8, 4) is 0 Å². The number of sulfonamides is 2. The van der Waals surface area contributed by atoms with E-state index in [1.54, 1.807) is 0 Å². The van der Waals surface area contributed by atoms with E-state index >= 15 is 0 Å². The van der Waals surface area contributed by atoms with Gasteiger partial charge >= 0.3 is 0 Å². The topological polar surface area (TPSA) is 121 Å². The Balaban J connectivity index is 2.46. The first-order chi connectivity index (χ1) is 9.37. The van der Waals surface area contributed by atoms with Gasteiger partial charge in [0.2, 0.25) is 10.0 Å². The molecule has 0 aliphatic heterocycles. The molecule has 8 nitrogen and oxygen atoms in total. The van der Waals surface area contributed by atoms with Gasteiger partial charge in [-0.1, -0.05) is 12.1 Å². The predicted molar refractivity (Wildman–Crippen MR) is 72.1 cm³/mol. The molecule has 0 aliphatic carbocycles. The molecule has 3 N–H and O–H groups in total. The van der Waals surface area contributed by atoms with Gasteiger partial charge in [0.05, 0.1) is 18.2 Å². The van der Waals surface area contributed by atoms with Gasteiger partial charge in [0.25, 0.3) is 10.0 Å². The van der Waals surface area contributed by atoms with Crippen LogP contribution < -0.4 is 9.44 Å². The standard InChI is InChI=1S/C10H12N4O4S2/c1-11-19(15,16)9-5-3-2-4-8(9)14-20(17,18)10-6-12-7-13-10/h2-7,11,14H,1H3,(H,12,13). The third-order valence-electron chi connectivity index (χ3n) is 2.45. The molecular weight excluding hydrogens is 304 g/mol. The summed E-state index contributed by atoms with van der Waals surface area (Å²) < 4.78 is 52.1. The number of aromatic amines is 1. The molecule has 0 saturated carbocycles. The van der Waals surface area contributed by atoms with Crippen LogP contribution in [0.15, 0.2) is 46.7 Å². The zero-order valence-corrected chi connectivity index (χ0v) is 12.0. The smallest absolute Gasteiger partial charge is 0.279 e. The monoisotopic (exact) mass is 316 g/mol. The quantitative estimate of drug-likeness (QED) is 0.723. The van der Waals surface area contributed by atoms with Crippen molar-refractivity contribution in [1.29, 1.82) is 0 Å². The van der Waals surface area contributed by atoms with Crippen LogP contribution in [-0.2, 0) is 20.0 Å². The highest BCUT2D eigenvalue weighted by molar-refractivity contribution is 7.93. The number of hydrogen-bond donors (Lipinski definition) is 3. The van der Waals surface area contributed by atoms with E-state index in [9.17, 15) is 16.8 Å². The number of rotatable bonds is 5. The fourth-order valence-electron chi connectivity index (χ4n) is 1.49. The summed E-state index contributed by atoms with van der Waals surface area (Å²) >= 11 is 0. The first kappa shape index (κ1) is 14.5. The van der Waals surface area contributed by atoms with Crippen LogP contribution in [0.2, 0.25) is 0 Å². The molecule has 1 heterocycles. The van der Waals surface area contributed by atoms with Crippen LogP contribution in [0, 0.1) is 0 Å². The van der Waals surface area contributed by atoms with E-state index in [0.717, 1.165) is 6.20 Å². The number of nitrogens with zero attached hydrogens (tertiary/aromatic N) is 1. The Bertz CT molecular complexity index is 798. The number of nitrogens with one attached hydrogen (secondary N) is 3. The highest BCUT2D eigenvalue weighted by atomic mass is 32.2. The van der Waals surface area contributed by atoms with Crippen LogP contribution >= 0.6 is 0 Å². The van der Waals surface area contributed by atoms with Gasteiger partial charge in [-0.25, -0.2) is 18.1 Å². The lowest BCUT2D eigenvalue weighted by atomic mass is 10.3. The maximum absolute atomic E-state index is 12.0. The number of benzene rings is 1. The molecule has 2 rings (SSSR count). The SMILES string of the molecule is CNS(=O)(=O)c1ccccc1NS(=O)(=O)c1cnc[nH]1. The third-order valence-corrected chi connectivity index (χ3v) is 5.22. The molecule has 108 valence electrons. The highest BCUT2D eigenvalue weighted by Crippen LogP contribution is 2.22. The summed E-state index contributed by atoms with van der Waals surface area (Å²) in [6.07, 6.45) is 2.34. The Morgan fingerprint density at radius 2 is 1.80 bits per heavy atom. The molecule has 0 bridgehead atoms. The average molecular weight is 316 g/mol. The van der Waals surface area contributed by atoms with Crippen LogP contribution in [0.5, 0.6) is 0 Å². The number of aromatic nitrogens is 2. The van der Waals surface area contributed by atoms with Gasteiger partial charge in [0.15, 0.2) is 5.03 Å². The zero-order chi connectivity index (χ0) is 14.8. The molecule has 10 heteroatoms. The summed E-state index contributed by atoms with van der Waals surface area (Å²) in [6.45, 7) is 0. The first-order valence-corrected chi connectivity index (χ1v) is 8.37. The molecule has 0 unspecified atom stereocenters. The molecule has 20 heavy (non-hydrogen) atoms. The maximum atomic E-state index is 12.0. The summed E-state index contributed by atoms with van der Waals surface area (Å²) in [5.41, 5.74) is -0.0450. The van der Waals surface area contributed by atoms with Crippen LogP contribution in [0.1, 0.15) is 0 Å². The summed E-state index contributed by atoms with van der Waals surface area (Å²) in [4.78, 5) is 5.89. The molecule has 0 aliphatic rings. The van der Waals surface area contributed by atoms with Crippen molar-refractivity contribution in [2.24, 2.45) is 0 Å². The van der Waals surface area contributed by atoms with E-state index in [1.807, 2.05) is 0 Å². The minimum absolute atomic E-state index is 0.0450. The third kappa shape index (κ3) is 2.81. The molecular formula is C10H12N4O4S2. The molecule has 1 aromatic carbocycles. The van der Waals surface area contributed by atoms with E-state index in [4.69, 9.17) is 0 Å². The van der Waals surface area contributed by atoms with Gasteiger partial charge in [-0.15, -0.1) is 0 Å². The summed E-state index contributed by atoms with van der Waals surface area (Å²) in [7, 11) is -6.45. The van der Waals surface area contributed by atoms with Crippen LogP contribution in [-0.4, -0.2) is 33.9 Å². The Hall–Kier alpha value is -1.91. The Kier molecular flexibility index (Phi) is 3.79. The van der Waals surface area contributed by atoms with Crippen molar-refractivity contribution in [1.82, 2.24) is 14.7 Å². The van der Waals surface area contributed by atoms with Crippen molar-refractivity contribution < 1.29 is 16.8 Å². The maximum Gasteiger partial charge on any atom is 0.279 e. The Morgan fingerprint density at radius 1 is 1.10 bits per heavy atom. The van der Waals surface area contributed by atoms with E-state index in [-0.39, 0.29) is 15.6 Å².